The standard InChI is InChI=1S/C19H22N4O3S/c24-16(20-15-8-14(9-15)18(25)26)11-27-19-22-21-17(13-6-7-13)23(19)10-12-4-2-1-3-5-12/h1-5,13-15H,6-11H2,(H,20,24)(H,25,26). The fourth-order valence-electron chi connectivity index (χ4n) is 3.30. The van der Waals surface area contributed by atoms with E-state index in [1.807, 2.05) is 18.2 Å². The van der Waals surface area contributed by atoms with Crippen molar-refractivity contribution >= 4 is 23.6 Å². The van der Waals surface area contributed by atoms with Gasteiger partial charge in [-0.2, -0.15) is 0 Å². The molecule has 0 saturated heterocycles. The summed E-state index contributed by atoms with van der Waals surface area (Å²) in [4.78, 5) is 23.0. The number of carbonyl (C=O) groups is 2. The SMILES string of the molecule is O=C(CSc1nnc(C2CC2)n1Cc1ccccc1)NC1CC(C(=O)O)C1. The van der Waals surface area contributed by atoms with E-state index in [2.05, 4.69) is 32.2 Å². The van der Waals surface area contributed by atoms with Crippen molar-refractivity contribution in [1.29, 1.82) is 0 Å². The number of thioether (sulfide) groups is 1. The van der Waals surface area contributed by atoms with Crippen LogP contribution in [0.2, 0.25) is 0 Å². The lowest BCUT2D eigenvalue weighted by Gasteiger charge is -2.32. The smallest absolute Gasteiger partial charge is 0.306 e. The first kappa shape index (κ1) is 18.0. The molecule has 1 aromatic heterocycles. The van der Waals surface area contributed by atoms with Crippen molar-refractivity contribution in [2.45, 2.75) is 49.3 Å². The number of hydrogen-bond acceptors (Lipinski definition) is 5. The van der Waals surface area contributed by atoms with E-state index < -0.39 is 5.97 Å². The highest BCUT2D eigenvalue weighted by atomic mass is 32.2. The Morgan fingerprint density at radius 2 is 1.93 bits per heavy atom. The summed E-state index contributed by atoms with van der Waals surface area (Å²) in [7, 11) is 0. The van der Waals surface area contributed by atoms with Crippen LogP contribution in [-0.4, -0.2) is 43.5 Å². The lowest BCUT2D eigenvalue weighted by atomic mass is 9.80. The molecule has 7 nitrogen and oxygen atoms in total. The van der Waals surface area contributed by atoms with Gasteiger partial charge in [-0.3, -0.25) is 9.59 Å². The number of rotatable bonds is 8. The third kappa shape index (κ3) is 4.32. The minimum absolute atomic E-state index is 0.0246. The predicted molar refractivity (Wildman–Crippen MR) is 101 cm³/mol. The van der Waals surface area contributed by atoms with Crippen molar-refractivity contribution in [1.82, 2.24) is 20.1 Å². The van der Waals surface area contributed by atoms with Crippen LogP contribution in [0.3, 0.4) is 0 Å². The zero-order chi connectivity index (χ0) is 18.8. The van der Waals surface area contributed by atoms with Gasteiger partial charge in [-0.15, -0.1) is 10.2 Å². The van der Waals surface area contributed by atoms with E-state index in [0.29, 0.717) is 25.3 Å². The van der Waals surface area contributed by atoms with Crippen LogP contribution >= 0.6 is 11.8 Å². The highest BCUT2D eigenvalue weighted by Gasteiger charge is 2.35. The Hall–Kier alpha value is -2.35. The molecule has 0 atom stereocenters. The van der Waals surface area contributed by atoms with Crippen molar-refractivity contribution in [2.75, 3.05) is 5.75 Å². The molecule has 0 aliphatic heterocycles. The minimum atomic E-state index is -0.781. The molecular formula is C19H22N4O3S. The molecule has 27 heavy (non-hydrogen) atoms. The zero-order valence-corrected chi connectivity index (χ0v) is 15.7. The van der Waals surface area contributed by atoms with Crippen LogP contribution in [0.4, 0.5) is 0 Å². The van der Waals surface area contributed by atoms with E-state index in [0.717, 1.165) is 23.8 Å². The summed E-state index contributed by atoms with van der Waals surface area (Å²) < 4.78 is 2.12. The largest absolute Gasteiger partial charge is 0.481 e. The van der Waals surface area contributed by atoms with E-state index in [-0.39, 0.29) is 23.6 Å². The van der Waals surface area contributed by atoms with Gasteiger partial charge in [0.05, 0.1) is 18.2 Å². The second-order valence-corrected chi connectivity index (χ2v) is 8.19. The van der Waals surface area contributed by atoms with Crippen molar-refractivity contribution in [2.24, 2.45) is 5.92 Å². The number of nitrogens with zero attached hydrogens (tertiary/aromatic N) is 3. The normalized spacial score (nSPS) is 21.5. The third-order valence-electron chi connectivity index (χ3n) is 5.06. The molecule has 2 fully saturated rings. The predicted octanol–water partition coefficient (Wildman–Crippen LogP) is 2.28. The molecule has 0 spiro atoms. The Morgan fingerprint density at radius 3 is 2.59 bits per heavy atom. The molecule has 2 aliphatic rings. The third-order valence-corrected chi connectivity index (χ3v) is 6.02. The Labute approximate surface area is 161 Å². The highest BCUT2D eigenvalue weighted by molar-refractivity contribution is 7.99. The van der Waals surface area contributed by atoms with E-state index in [1.165, 1.54) is 17.3 Å². The summed E-state index contributed by atoms with van der Waals surface area (Å²) in [6.45, 7) is 0.701. The van der Waals surface area contributed by atoms with Crippen molar-refractivity contribution in [3.8, 4) is 0 Å². The Morgan fingerprint density at radius 1 is 1.19 bits per heavy atom. The number of carbonyl (C=O) groups excluding carboxylic acids is 1. The molecule has 0 bridgehead atoms. The maximum Gasteiger partial charge on any atom is 0.306 e. The van der Waals surface area contributed by atoms with Crippen LogP contribution in [0.5, 0.6) is 0 Å². The second kappa shape index (κ2) is 7.72. The molecule has 1 heterocycles. The highest BCUT2D eigenvalue weighted by Crippen LogP contribution is 2.40. The molecule has 0 radical (unpaired) electrons. The van der Waals surface area contributed by atoms with Gasteiger partial charge in [0.15, 0.2) is 5.16 Å². The first-order valence-corrected chi connectivity index (χ1v) is 10.2. The quantitative estimate of drug-likeness (QED) is 0.676. The van der Waals surface area contributed by atoms with Crippen molar-refractivity contribution in [3.05, 3.63) is 41.7 Å². The van der Waals surface area contributed by atoms with E-state index in [1.54, 1.807) is 0 Å². The molecule has 2 aliphatic carbocycles. The molecule has 0 unspecified atom stereocenters. The van der Waals surface area contributed by atoms with Gasteiger partial charge in [-0.25, -0.2) is 0 Å². The Kier molecular flexibility index (Phi) is 5.15. The van der Waals surface area contributed by atoms with Gasteiger partial charge in [0.25, 0.3) is 0 Å². The van der Waals surface area contributed by atoms with Gasteiger partial charge in [0, 0.05) is 12.0 Å². The van der Waals surface area contributed by atoms with E-state index in [4.69, 9.17) is 5.11 Å². The summed E-state index contributed by atoms with van der Waals surface area (Å²) in [6, 6.07) is 10.1. The van der Waals surface area contributed by atoms with Crippen LogP contribution in [0, 0.1) is 5.92 Å². The molecule has 4 rings (SSSR count). The van der Waals surface area contributed by atoms with Gasteiger partial charge >= 0.3 is 5.97 Å². The first-order chi connectivity index (χ1) is 13.1. The number of aromatic nitrogens is 3. The Bertz CT molecular complexity index is 829. The number of hydrogen-bond donors (Lipinski definition) is 2. The van der Waals surface area contributed by atoms with Crippen molar-refractivity contribution < 1.29 is 14.7 Å². The molecule has 2 saturated carbocycles. The maximum atomic E-state index is 12.2. The van der Waals surface area contributed by atoms with Gasteiger partial charge in [0.2, 0.25) is 5.91 Å². The number of carboxylic acids is 1. The molecule has 2 N–H and O–H groups in total. The number of carboxylic acid groups (broad SMARTS) is 1. The summed E-state index contributed by atoms with van der Waals surface area (Å²) in [5.41, 5.74) is 1.18. The summed E-state index contributed by atoms with van der Waals surface area (Å²) in [5, 5.41) is 21.2. The average molecular weight is 386 g/mol. The van der Waals surface area contributed by atoms with Gasteiger partial charge in [-0.1, -0.05) is 42.1 Å². The fraction of sp³-hybridized carbons (Fsp3) is 0.474. The average Bonchev–Trinajstić information content (AvgIpc) is 3.39. The number of aliphatic carboxylic acids is 1. The minimum Gasteiger partial charge on any atom is -0.481 e. The first-order valence-electron chi connectivity index (χ1n) is 9.22. The summed E-state index contributed by atoms with van der Waals surface area (Å²) in [6.07, 6.45) is 3.32. The molecule has 8 heteroatoms. The van der Waals surface area contributed by atoms with E-state index >= 15 is 0 Å². The topological polar surface area (TPSA) is 97.1 Å². The molecule has 1 amide bonds. The second-order valence-electron chi connectivity index (χ2n) is 7.25. The van der Waals surface area contributed by atoms with Crippen LogP contribution in [0.25, 0.3) is 0 Å². The number of nitrogens with one attached hydrogen (secondary N) is 1. The van der Waals surface area contributed by atoms with Crippen LogP contribution in [0.15, 0.2) is 35.5 Å². The lowest BCUT2D eigenvalue weighted by molar-refractivity contribution is -0.146. The lowest BCUT2D eigenvalue weighted by Crippen LogP contribution is -2.47. The van der Waals surface area contributed by atoms with Crippen LogP contribution < -0.4 is 5.32 Å². The van der Waals surface area contributed by atoms with Gasteiger partial charge in [-0.05, 0) is 31.2 Å². The maximum absolute atomic E-state index is 12.2. The zero-order valence-electron chi connectivity index (χ0n) is 14.9. The number of amides is 1. The monoisotopic (exact) mass is 386 g/mol. The summed E-state index contributed by atoms with van der Waals surface area (Å²) in [5.74, 6) is 0.550. The molecule has 2 aromatic rings. The molecular weight excluding hydrogens is 364 g/mol. The van der Waals surface area contributed by atoms with Crippen molar-refractivity contribution in [3.63, 3.8) is 0 Å². The Balaban J connectivity index is 1.36. The van der Waals surface area contributed by atoms with Gasteiger partial charge in [0.1, 0.15) is 5.82 Å². The summed E-state index contributed by atoms with van der Waals surface area (Å²) >= 11 is 1.39. The number of benzene rings is 1. The fourth-order valence-corrected chi connectivity index (χ4v) is 4.06. The molecule has 142 valence electrons. The van der Waals surface area contributed by atoms with Crippen LogP contribution in [0.1, 0.15) is 43.0 Å². The van der Waals surface area contributed by atoms with Crippen LogP contribution in [-0.2, 0) is 16.1 Å². The van der Waals surface area contributed by atoms with E-state index in [9.17, 15) is 9.59 Å². The molecule has 1 aromatic carbocycles. The van der Waals surface area contributed by atoms with Gasteiger partial charge < -0.3 is 15.0 Å².